The molecule has 2 aromatic rings. The van der Waals surface area contributed by atoms with Crippen LogP contribution in [0.15, 0.2) is 29.6 Å². The Hall–Kier alpha value is -0.910. The van der Waals surface area contributed by atoms with Crippen LogP contribution in [0, 0.1) is 0 Å². The summed E-state index contributed by atoms with van der Waals surface area (Å²) in [5.74, 6) is -0.360. The number of halogens is 1. The molecule has 1 atom stereocenters. The van der Waals surface area contributed by atoms with Crippen LogP contribution in [-0.4, -0.2) is 22.5 Å². The van der Waals surface area contributed by atoms with Crippen molar-refractivity contribution < 1.29 is 4.79 Å². The van der Waals surface area contributed by atoms with E-state index in [0.717, 1.165) is 11.2 Å². The molecular formula is C11H9ClN2OS2. The molecule has 1 unspecified atom stereocenters. The minimum Gasteiger partial charge on any atom is -0.302 e. The molecule has 2 rings (SSSR count). The second kappa shape index (κ2) is 5.62. The average molecular weight is 285 g/mol. The first-order valence-corrected chi connectivity index (χ1v) is 7.24. The molecule has 0 N–H and O–H groups in total. The number of carbonyl (C=O) groups is 1. The number of aldehydes is 1. The molecule has 0 bridgehead atoms. The lowest BCUT2D eigenvalue weighted by atomic mass is 10.1. The van der Waals surface area contributed by atoms with Gasteiger partial charge < -0.3 is 4.79 Å². The highest BCUT2D eigenvalue weighted by atomic mass is 35.5. The van der Waals surface area contributed by atoms with Crippen molar-refractivity contribution in [3.8, 4) is 0 Å². The summed E-state index contributed by atoms with van der Waals surface area (Å²) in [7, 11) is 0. The number of hydrogen-bond donors (Lipinski definition) is 0. The second-order valence-electron chi connectivity index (χ2n) is 3.22. The highest BCUT2D eigenvalue weighted by Gasteiger charge is 2.17. The van der Waals surface area contributed by atoms with E-state index >= 15 is 0 Å². The van der Waals surface area contributed by atoms with E-state index < -0.39 is 0 Å². The summed E-state index contributed by atoms with van der Waals surface area (Å²) in [5.41, 5.74) is 0.706. The van der Waals surface area contributed by atoms with Gasteiger partial charge >= 0.3 is 0 Å². The molecular weight excluding hydrogens is 276 g/mol. The number of aromatic nitrogens is 2. The van der Waals surface area contributed by atoms with E-state index in [1.807, 2.05) is 12.3 Å². The highest BCUT2D eigenvalue weighted by molar-refractivity contribution is 7.98. The standard InChI is InChI=1S/C11H9ClN2OS2/c1-16-11-13-5-4-8(14-11)7(6-15)9-2-3-10(12)17-9/h2-7H,1H3. The predicted molar refractivity (Wildman–Crippen MR) is 71.0 cm³/mol. The Balaban J connectivity index is 2.38. The lowest BCUT2D eigenvalue weighted by molar-refractivity contribution is -0.108. The molecule has 17 heavy (non-hydrogen) atoms. The molecule has 0 radical (unpaired) electrons. The van der Waals surface area contributed by atoms with E-state index in [9.17, 15) is 4.79 Å². The molecule has 0 saturated heterocycles. The Morgan fingerprint density at radius 2 is 2.29 bits per heavy atom. The maximum absolute atomic E-state index is 11.2. The van der Waals surface area contributed by atoms with Crippen molar-refractivity contribution in [3.63, 3.8) is 0 Å². The molecule has 88 valence electrons. The quantitative estimate of drug-likeness (QED) is 0.491. The van der Waals surface area contributed by atoms with E-state index in [4.69, 9.17) is 11.6 Å². The van der Waals surface area contributed by atoms with Gasteiger partial charge in [-0.2, -0.15) is 0 Å². The maximum atomic E-state index is 11.2. The summed E-state index contributed by atoms with van der Waals surface area (Å²) < 4.78 is 0.672. The number of carbonyl (C=O) groups excluding carboxylic acids is 1. The summed E-state index contributed by atoms with van der Waals surface area (Å²) in [6, 6.07) is 5.40. The summed E-state index contributed by atoms with van der Waals surface area (Å²) in [4.78, 5) is 20.5. The van der Waals surface area contributed by atoms with Crippen LogP contribution in [0.25, 0.3) is 0 Å². The topological polar surface area (TPSA) is 42.9 Å². The molecule has 0 saturated carbocycles. The summed E-state index contributed by atoms with van der Waals surface area (Å²) >= 11 is 8.72. The average Bonchev–Trinajstić information content (AvgIpc) is 2.77. The van der Waals surface area contributed by atoms with Crippen molar-refractivity contribution in [2.45, 2.75) is 11.1 Å². The molecule has 6 heteroatoms. The van der Waals surface area contributed by atoms with Gasteiger partial charge in [-0.15, -0.1) is 11.3 Å². The fourth-order valence-electron chi connectivity index (χ4n) is 1.40. The summed E-state index contributed by atoms with van der Waals surface area (Å²) in [5, 5.41) is 0.664. The molecule has 3 nitrogen and oxygen atoms in total. The van der Waals surface area contributed by atoms with Crippen LogP contribution in [0.1, 0.15) is 16.5 Å². The lowest BCUT2D eigenvalue weighted by Crippen LogP contribution is -2.04. The third-order valence-corrected chi connectivity index (χ3v) is 4.07. The predicted octanol–water partition coefficient (Wildman–Crippen LogP) is 3.24. The number of hydrogen-bond acceptors (Lipinski definition) is 5. The van der Waals surface area contributed by atoms with E-state index in [1.165, 1.54) is 23.1 Å². The minimum absolute atomic E-state index is 0.360. The Morgan fingerprint density at radius 3 is 2.88 bits per heavy atom. The van der Waals surface area contributed by atoms with Gasteiger partial charge in [0, 0.05) is 11.1 Å². The third kappa shape index (κ3) is 2.86. The van der Waals surface area contributed by atoms with Crippen LogP contribution < -0.4 is 0 Å². The third-order valence-electron chi connectivity index (χ3n) is 2.19. The molecule has 0 aromatic carbocycles. The van der Waals surface area contributed by atoms with Gasteiger partial charge in [0.1, 0.15) is 6.29 Å². The van der Waals surface area contributed by atoms with Crippen molar-refractivity contribution in [2.75, 3.05) is 6.26 Å². The smallest absolute Gasteiger partial charge is 0.187 e. The lowest BCUT2D eigenvalue weighted by Gasteiger charge is -2.07. The van der Waals surface area contributed by atoms with Gasteiger partial charge in [-0.3, -0.25) is 0 Å². The fraction of sp³-hybridized carbons (Fsp3) is 0.182. The Kier molecular flexibility index (Phi) is 4.15. The first-order chi connectivity index (χ1) is 8.24. The first-order valence-electron chi connectivity index (χ1n) is 4.82. The molecule has 0 aliphatic heterocycles. The monoisotopic (exact) mass is 284 g/mol. The maximum Gasteiger partial charge on any atom is 0.187 e. The number of rotatable bonds is 4. The van der Waals surface area contributed by atoms with Gasteiger partial charge in [-0.05, 0) is 24.5 Å². The highest BCUT2D eigenvalue weighted by Crippen LogP contribution is 2.30. The zero-order valence-corrected chi connectivity index (χ0v) is 11.4. The van der Waals surface area contributed by atoms with Crippen LogP contribution in [0.2, 0.25) is 4.34 Å². The van der Waals surface area contributed by atoms with Gasteiger partial charge in [0.05, 0.1) is 15.9 Å². The van der Waals surface area contributed by atoms with E-state index in [0.29, 0.717) is 15.2 Å². The van der Waals surface area contributed by atoms with Crippen LogP contribution in [-0.2, 0) is 4.79 Å². The van der Waals surface area contributed by atoms with Gasteiger partial charge in [-0.1, -0.05) is 23.4 Å². The molecule has 0 aliphatic carbocycles. The van der Waals surface area contributed by atoms with Gasteiger partial charge in [0.2, 0.25) is 0 Å². The van der Waals surface area contributed by atoms with Crippen LogP contribution in [0.5, 0.6) is 0 Å². The number of thiophene rings is 1. The Labute approximate surface area is 112 Å². The second-order valence-corrected chi connectivity index (χ2v) is 5.74. The van der Waals surface area contributed by atoms with Crippen molar-refractivity contribution in [1.29, 1.82) is 0 Å². The SMILES string of the molecule is CSc1nccc(C(C=O)c2ccc(Cl)s2)n1. The van der Waals surface area contributed by atoms with E-state index in [-0.39, 0.29) is 5.92 Å². The van der Waals surface area contributed by atoms with Gasteiger partial charge in [-0.25, -0.2) is 9.97 Å². The summed E-state index contributed by atoms with van der Waals surface area (Å²) in [6.07, 6.45) is 4.45. The number of thioether (sulfide) groups is 1. The van der Waals surface area contributed by atoms with E-state index in [2.05, 4.69) is 9.97 Å². The van der Waals surface area contributed by atoms with Crippen molar-refractivity contribution in [3.05, 3.63) is 39.3 Å². The molecule has 2 heterocycles. The van der Waals surface area contributed by atoms with Crippen LogP contribution in [0.3, 0.4) is 0 Å². The van der Waals surface area contributed by atoms with Crippen molar-refractivity contribution in [2.24, 2.45) is 0 Å². The van der Waals surface area contributed by atoms with Gasteiger partial charge in [0.25, 0.3) is 0 Å². The first kappa shape index (κ1) is 12.5. The Morgan fingerprint density at radius 1 is 1.47 bits per heavy atom. The zero-order valence-electron chi connectivity index (χ0n) is 8.96. The van der Waals surface area contributed by atoms with Crippen LogP contribution in [0.4, 0.5) is 0 Å². The van der Waals surface area contributed by atoms with Gasteiger partial charge in [0.15, 0.2) is 5.16 Å². The van der Waals surface area contributed by atoms with Crippen molar-refractivity contribution >= 4 is 41.0 Å². The molecule has 0 aliphatic rings. The molecule has 2 aromatic heterocycles. The Bertz CT molecular complexity index is 530. The zero-order chi connectivity index (χ0) is 12.3. The fourth-order valence-corrected chi connectivity index (χ4v) is 2.90. The van der Waals surface area contributed by atoms with E-state index in [1.54, 1.807) is 18.3 Å². The summed E-state index contributed by atoms with van der Waals surface area (Å²) in [6.45, 7) is 0. The van der Waals surface area contributed by atoms with Crippen molar-refractivity contribution in [1.82, 2.24) is 9.97 Å². The number of nitrogens with zero attached hydrogens (tertiary/aromatic N) is 2. The minimum atomic E-state index is -0.360. The molecule has 0 spiro atoms. The molecule has 0 fully saturated rings. The largest absolute Gasteiger partial charge is 0.302 e. The normalized spacial score (nSPS) is 12.4. The molecule has 0 amide bonds. The van der Waals surface area contributed by atoms with Crippen LogP contribution >= 0.6 is 34.7 Å².